The Morgan fingerprint density at radius 1 is 1.00 bits per heavy atom. The minimum atomic E-state index is -0.894. The van der Waals surface area contributed by atoms with Gasteiger partial charge in [0, 0.05) is 43.2 Å². The molecule has 1 fully saturated rings. The molecule has 1 N–H and O–H groups in total. The van der Waals surface area contributed by atoms with Gasteiger partial charge in [0.1, 0.15) is 11.4 Å². The molecular weight excluding hydrogens is 415 g/mol. The second-order valence-corrected chi connectivity index (χ2v) is 8.82. The van der Waals surface area contributed by atoms with Gasteiger partial charge in [-0.3, -0.25) is 9.88 Å². The summed E-state index contributed by atoms with van der Waals surface area (Å²) in [6.45, 7) is 4.21. The first-order valence-electron chi connectivity index (χ1n) is 11.3. The zero-order chi connectivity index (χ0) is 22.8. The van der Waals surface area contributed by atoms with Gasteiger partial charge in [-0.1, -0.05) is 30.3 Å². The Morgan fingerprint density at radius 3 is 2.55 bits per heavy atom. The van der Waals surface area contributed by atoms with Gasteiger partial charge in [-0.15, -0.1) is 0 Å². The first-order valence-corrected chi connectivity index (χ1v) is 11.3. The number of aryl methyl sites for hydroxylation is 1. The lowest BCUT2D eigenvalue weighted by Crippen LogP contribution is -2.42. The van der Waals surface area contributed by atoms with Gasteiger partial charge >= 0.3 is 0 Å². The molecule has 0 spiro atoms. The molecule has 0 saturated carbocycles. The van der Waals surface area contributed by atoms with Crippen molar-refractivity contribution in [1.29, 1.82) is 0 Å². The fraction of sp³-hybridized carbons (Fsp3) is 0.259. The molecule has 3 heterocycles. The molecule has 4 aromatic rings. The molecule has 33 heavy (non-hydrogen) atoms. The van der Waals surface area contributed by atoms with E-state index in [9.17, 15) is 9.50 Å². The number of nitrogens with zero attached hydrogens (tertiary/aromatic N) is 4. The highest BCUT2D eigenvalue weighted by Crippen LogP contribution is 2.33. The Bertz CT molecular complexity index is 1250. The maximum atomic E-state index is 14.0. The average Bonchev–Trinajstić information content (AvgIpc) is 3.25. The minimum Gasteiger partial charge on any atom is -0.383 e. The lowest BCUT2D eigenvalue weighted by Gasteiger charge is -2.37. The molecule has 0 amide bonds. The van der Waals surface area contributed by atoms with Gasteiger partial charge in [-0.05, 0) is 61.7 Å². The van der Waals surface area contributed by atoms with Crippen LogP contribution in [0.15, 0.2) is 79.1 Å². The third-order valence-corrected chi connectivity index (χ3v) is 6.37. The molecule has 0 bridgehead atoms. The topological polar surface area (TPSA) is 54.2 Å². The molecular formula is C27H27FN4O. The van der Waals surface area contributed by atoms with Crippen LogP contribution in [0.3, 0.4) is 0 Å². The van der Waals surface area contributed by atoms with Gasteiger partial charge in [0.2, 0.25) is 0 Å². The van der Waals surface area contributed by atoms with E-state index < -0.39 is 5.60 Å². The largest absolute Gasteiger partial charge is 0.383 e. The fourth-order valence-electron chi connectivity index (χ4n) is 4.52. The number of aliphatic hydroxyl groups is 1. The quantitative estimate of drug-likeness (QED) is 0.479. The third-order valence-electron chi connectivity index (χ3n) is 6.37. The number of hydrogen-bond acceptors (Lipinski definition) is 4. The maximum absolute atomic E-state index is 14.0. The van der Waals surface area contributed by atoms with E-state index in [4.69, 9.17) is 5.10 Å². The second kappa shape index (κ2) is 8.89. The van der Waals surface area contributed by atoms with Gasteiger partial charge in [0.25, 0.3) is 0 Å². The highest BCUT2D eigenvalue weighted by Gasteiger charge is 2.35. The van der Waals surface area contributed by atoms with Crippen LogP contribution in [0.25, 0.3) is 16.9 Å². The lowest BCUT2D eigenvalue weighted by atomic mass is 9.87. The SMILES string of the molecule is Cc1cccc(-n2cc(CN3CCC(O)(c4ccccn4)CC3)c(-c3cccc(F)c3)n2)c1. The molecule has 2 aromatic heterocycles. The molecule has 5 rings (SSSR count). The van der Waals surface area contributed by atoms with Crippen LogP contribution in [0.4, 0.5) is 4.39 Å². The summed E-state index contributed by atoms with van der Waals surface area (Å²) >= 11 is 0. The fourth-order valence-corrected chi connectivity index (χ4v) is 4.52. The molecule has 1 aliphatic heterocycles. The summed E-state index contributed by atoms with van der Waals surface area (Å²) < 4.78 is 15.9. The van der Waals surface area contributed by atoms with Crippen molar-refractivity contribution in [1.82, 2.24) is 19.7 Å². The van der Waals surface area contributed by atoms with Crippen LogP contribution in [-0.4, -0.2) is 37.9 Å². The van der Waals surface area contributed by atoms with Crippen LogP contribution >= 0.6 is 0 Å². The van der Waals surface area contributed by atoms with Crippen molar-refractivity contribution in [2.24, 2.45) is 0 Å². The molecule has 0 aliphatic carbocycles. The predicted octanol–water partition coefficient (Wildman–Crippen LogP) is 4.87. The van der Waals surface area contributed by atoms with Crippen molar-refractivity contribution in [2.45, 2.75) is 31.9 Å². The molecule has 2 aromatic carbocycles. The minimum absolute atomic E-state index is 0.276. The number of likely N-dealkylation sites (tertiary alicyclic amines) is 1. The Morgan fingerprint density at radius 2 is 1.82 bits per heavy atom. The van der Waals surface area contributed by atoms with Crippen molar-refractivity contribution in [2.75, 3.05) is 13.1 Å². The summed E-state index contributed by atoms with van der Waals surface area (Å²) in [5.74, 6) is -0.276. The Hall–Kier alpha value is -3.35. The highest BCUT2D eigenvalue weighted by molar-refractivity contribution is 5.63. The Balaban J connectivity index is 1.41. The van der Waals surface area contributed by atoms with Gasteiger partial charge in [-0.25, -0.2) is 9.07 Å². The lowest BCUT2D eigenvalue weighted by molar-refractivity contribution is -0.0310. The molecule has 168 valence electrons. The zero-order valence-corrected chi connectivity index (χ0v) is 18.7. The Kier molecular flexibility index (Phi) is 5.79. The van der Waals surface area contributed by atoms with Crippen LogP contribution in [-0.2, 0) is 12.1 Å². The summed E-state index contributed by atoms with van der Waals surface area (Å²) in [6, 6.07) is 20.4. The molecule has 0 unspecified atom stereocenters. The summed E-state index contributed by atoms with van der Waals surface area (Å²) in [6.07, 6.45) is 5.00. The first kappa shape index (κ1) is 21.5. The second-order valence-electron chi connectivity index (χ2n) is 8.82. The van der Waals surface area contributed by atoms with Crippen molar-refractivity contribution in [3.05, 3.63) is 102 Å². The van der Waals surface area contributed by atoms with Crippen molar-refractivity contribution >= 4 is 0 Å². The highest BCUT2D eigenvalue weighted by atomic mass is 19.1. The van der Waals surface area contributed by atoms with Crippen molar-refractivity contribution in [3.63, 3.8) is 0 Å². The number of pyridine rings is 1. The van der Waals surface area contributed by atoms with E-state index in [-0.39, 0.29) is 5.82 Å². The molecule has 6 heteroatoms. The van der Waals surface area contributed by atoms with E-state index in [0.717, 1.165) is 46.9 Å². The van der Waals surface area contributed by atoms with E-state index >= 15 is 0 Å². The van der Waals surface area contributed by atoms with E-state index in [1.165, 1.54) is 12.1 Å². The van der Waals surface area contributed by atoms with Gasteiger partial charge < -0.3 is 5.11 Å². The standard InChI is InChI=1S/C27H27FN4O/c1-20-6-4-9-24(16-20)32-19-22(26(30-32)21-7-5-8-23(28)17-21)18-31-14-11-27(33,12-15-31)25-10-2-3-13-29-25/h2-10,13,16-17,19,33H,11-12,14-15,18H2,1H3. The van der Waals surface area contributed by atoms with Gasteiger partial charge in [0.15, 0.2) is 0 Å². The molecule has 5 nitrogen and oxygen atoms in total. The molecule has 0 radical (unpaired) electrons. The number of aromatic nitrogens is 3. The van der Waals surface area contributed by atoms with E-state index in [1.807, 2.05) is 47.3 Å². The number of halogens is 1. The van der Waals surface area contributed by atoms with E-state index in [0.29, 0.717) is 19.4 Å². The van der Waals surface area contributed by atoms with Gasteiger partial charge in [0.05, 0.1) is 17.1 Å². The third kappa shape index (κ3) is 4.58. The number of rotatable bonds is 5. The van der Waals surface area contributed by atoms with Crippen LogP contribution in [0.5, 0.6) is 0 Å². The van der Waals surface area contributed by atoms with Crippen LogP contribution in [0.2, 0.25) is 0 Å². The molecule has 1 aliphatic rings. The van der Waals surface area contributed by atoms with Crippen molar-refractivity contribution < 1.29 is 9.50 Å². The van der Waals surface area contributed by atoms with E-state index in [2.05, 4.69) is 28.9 Å². The maximum Gasteiger partial charge on any atom is 0.123 e. The van der Waals surface area contributed by atoms with Crippen LogP contribution < -0.4 is 0 Å². The normalized spacial score (nSPS) is 16.1. The van der Waals surface area contributed by atoms with Gasteiger partial charge in [-0.2, -0.15) is 5.10 Å². The molecule has 0 atom stereocenters. The average molecular weight is 443 g/mol. The zero-order valence-electron chi connectivity index (χ0n) is 18.7. The summed E-state index contributed by atoms with van der Waals surface area (Å²) in [5, 5.41) is 16.0. The first-order chi connectivity index (χ1) is 16.0. The summed E-state index contributed by atoms with van der Waals surface area (Å²) in [7, 11) is 0. The number of piperidine rings is 1. The smallest absolute Gasteiger partial charge is 0.123 e. The number of benzene rings is 2. The monoisotopic (exact) mass is 442 g/mol. The number of hydrogen-bond donors (Lipinski definition) is 1. The van der Waals surface area contributed by atoms with Crippen LogP contribution in [0, 0.1) is 12.7 Å². The predicted molar refractivity (Wildman–Crippen MR) is 126 cm³/mol. The summed E-state index contributed by atoms with van der Waals surface area (Å²) in [5.41, 5.74) is 4.54. The van der Waals surface area contributed by atoms with E-state index in [1.54, 1.807) is 12.3 Å². The molecule has 1 saturated heterocycles. The Labute approximate surface area is 193 Å². The van der Waals surface area contributed by atoms with Crippen LogP contribution in [0.1, 0.15) is 29.7 Å². The van der Waals surface area contributed by atoms with Crippen molar-refractivity contribution in [3.8, 4) is 16.9 Å². The summed E-state index contributed by atoms with van der Waals surface area (Å²) in [4.78, 5) is 6.69.